The lowest BCUT2D eigenvalue weighted by Gasteiger charge is -2.19. The summed E-state index contributed by atoms with van der Waals surface area (Å²) in [5.74, 6) is 2.30. The molecule has 5 heterocycles. The zero-order chi connectivity index (χ0) is 25.1. The van der Waals surface area contributed by atoms with Gasteiger partial charge in [-0.2, -0.15) is 10.1 Å². The molecule has 0 amide bonds. The summed E-state index contributed by atoms with van der Waals surface area (Å²) in [6, 6.07) is 16.0. The standard InChI is InChI=1S/C27H21BrN6O3/c1-14(2)34-26-19(13-29-34)18(12-21(31-26)15-3-6-23-24(11-15)36-8-7-35-23)27-32-25(33-37-27)22-10-16-9-17(28)4-5-20(16)30-22/h3-6,9-14,30H,7-8H2,1-2H3. The molecule has 10 heteroatoms. The SMILES string of the molecule is CC(C)n1ncc2c(-c3nc(-c4cc5cc(Br)ccc5[nH]4)no3)cc(-c3ccc4c(c3)OCCO4)nc21. The van der Waals surface area contributed by atoms with Gasteiger partial charge in [0.05, 0.1) is 28.5 Å². The Kier molecular flexibility index (Phi) is 5.03. The van der Waals surface area contributed by atoms with Crippen molar-refractivity contribution in [1.29, 1.82) is 0 Å². The first kappa shape index (κ1) is 22.1. The topological polar surface area (TPSA) is 104 Å². The van der Waals surface area contributed by atoms with Crippen LogP contribution < -0.4 is 9.47 Å². The molecule has 6 aromatic rings. The van der Waals surface area contributed by atoms with E-state index in [1.54, 1.807) is 6.20 Å². The minimum absolute atomic E-state index is 0.122. The largest absolute Gasteiger partial charge is 0.486 e. The van der Waals surface area contributed by atoms with Crippen molar-refractivity contribution < 1.29 is 14.0 Å². The van der Waals surface area contributed by atoms with Crippen molar-refractivity contribution >= 4 is 37.9 Å². The number of fused-ring (bicyclic) bond motifs is 3. The van der Waals surface area contributed by atoms with Crippen molar-refractivity contribution in [2.75, 3.05) is 13.2 Å². The number of hydrogen-bond acceptors (Lipinski definition) is 7. The van der Waals surface area contributed by atoms with Crippen LogP contribution in [-0.4, -0.2) is 43.1 Å². The van der Waals surface area contributed by atoms with E-state index < -0.39 is 0 Å². The van der Waals surface area contributed by atoms with Crippen molar-refractivity contribution in [2.24, 2.45) is 0 Å². The molecule has 1 aliphatic rings. The summed E-state index contributed by atoms with van der Waals surface area (Å²) in [5, 5.41) is 10.8. The molecule has 0 fully saturated rings. The monoisotopic (exact) mass is 556 g/mol. The molecule has 1 N–H and O–H groups in total. The number of aromatic amines is 1. The summed E-state index contributed by atoms with van der Waals surface area (Å²) >= 11 is 3.52. The molecule has 0 unspecified atom stereocenters. The molecule has 37 heavy (non-hydrogen) atoms. The van der Waals surface area contributed by atoms with E-state index in [0.717, 1.165) is 54.7 Å². The summed E-state index contributed by atoms with van der Waals surface area (Å²) in [4.78, 5) is 13.1. The highest BCUT2D eigenvalue weighted by Crippen LogP contribution is 2.37. The van der Waals surface area contributed by atoms with Crippen LogP contribution in [0.1, 0.15) is 19.9 Å². The predicted octanol–water partition coefficient (Wildman–Crippen LogP) is 6.41. The number of aromatic nitrogens is 6. The van der Waals surface area contributed by atoms with Gasteiger partial charge in [0.1, 0.15) is 13.2 Å². The van der Waals surface area contributed by atoms with Gasteiger partial charge in [-0.3, -0.25) is 0 Å². The summed E-state index contributed by atoms with van der Waals surface area (Å²) in [6.07, 6.45) is 1.80. The highest BCUT2D eigenvalue weighted by atomic mass is 79.9. The third kappa shape index (κ3) is 3.75. The number of ether oxygens (including phenoxy) is 2. The van der Waals surface area contributed by atoms with Crippen LogP contribution in [0.3, 0.4) is 0 Å². The Morgan fingerprint density at radius 1 is 0.973 bits per heavy atom. The van der Waals surface area contributed by atoms with Crippen LogP contribution in [0.5, 0.6) is 11.5 Å². The molecule has 0 atom stereocenters. The zero-order valence-corrected chi connectivity index (χ0v) is 21.6. The van der Waals surface area contributed by atoms with Crippen LogP contribution in [0, 0.1) is 0 Å². The highest BCUT2D eigenvalue weighted by molar-refractivity contribution is 9.10. The first-order valence-corrected chi connectivity index (χ1v) is 12.7. The smallest absolute Gasteiger partial charge is 0.259 e. The average Bonchev–Trinajstić information content (AvgIpc) is 3.65. The number of nitrogens with zero attached hydrogens (tertiary/aromatic N) is 5. The number of hydrogen-bond donors (Lipinski definition) is 1. The molecule has 7 rings (SSSR count). The molecule has 0 saturated heterocycles. The van der Waals surface area contributed by atoms with E-state index in [2.05, 4.69) is 45.0 Å². The van der Waals surface area contributed by atoms with Gasteiger partial charge in [0.15, 0.2) is 17.1 Å². The Bertz CT molecular complexity index is 1800. The van der Waals surface area contributed by atoms with E-state index in [1.807, 2.05) is 53.2 Å². The van der Waals surface area contributed by atoms with Crippen LogP contribution in [0.2, 0.25) is 0 Å². The molecule has 184 valence electrons. The Labute approximate surface area is 219 Å². The van der Waals surface area contributed by atoms with Crippen molar-refractivity contribution in [2.45, 2.75) is 19.9 Å². The van der Waals surface area contributed by atoms with Crippen LogP contribution in [0.25, 0.3) is 56.2 Å². The van der Waals surface area contributed by atoms with Gasteiger partial charge in [-0.25, -0.2) is 9.67 Å². The van der Waals surface area contributed by atoms with Gasteiger partial charge >= 0.3 is 0 Å². The summed E-state index contributed by atoms with van der Waals surface area (Å²) < 4.78 is 20.2. The number of benzene rings is 2. The van der Waals surface area contributed by atoms with Gasteiger partial charge in [0.2, 0.25) is 5.82 Å². The fraction of sp³-hybridized carbons (Fsp3) is 0.185. The molecular weight excluding hydrogens is 536 g/mol. The van der Waals surface area contributed by atoms with Crippen LogP contribution in [-0.2, 0) is 0 Å². The molecule has 4 aromatic heterocycles. The molecule has 0 bridgehead atoms. The maximum atomic E-state index is 5.80. The van der Waals surface area contributed by atoms with E-state index in [4.69, 9.17) is 24.0 Å². The second kappa shape index (κ2) is 8.45. The summed E-state index contributed by atoms with van der Waals surface area (Å²) in [7, 11) is 0. The normalized spacial score (nSPS) is 13.2. The maximum absolute atomic E-state index is 5.80. The van der Waals surface area contributed by atoms with E-state index in [1.165, 1.54) is 0 Å². The molecule has 1 aliphatic heterocycles. The minimum atomic E-state index is 0.122. The van der Waals surface area contributed by atoms with Gasteiger partial charge in [-0.1, -0.05) is 21.1 Å². The quantitative estimate of drug-likeness (QED) is 0.267. The summed E-state index contributed by atoms with van der Waals surface area (Å²) in [6.45, 7) is 5.21. The van der Waals surface area contributed by atoms with Gasteiger partial charge in [-0.05, 0) is 62.4 Å². The van der Waals surface area contributed by atoms with E-state index >= 15 is 0 Å². The number of rotatable bonds is 4. The lowest BCUT2D eigenvalue weighted by atomic mass is 10.1. The van der Waals surface area contributed by atoms with E-state index in [-0.39, 0.29) is 6.04 Å². The van der Waals surface area contributed by atoms with Gasteiger partial charge in [0.25, 0.3) is 5.89 Å². The van der Waals surface area contributed by atoms with Crippen molar-refractivity contribution in [3.63, 3.8) is 0 Å². The molecule has 0 saturated carbocycles. The lowest BCUT2D eigenvalue weighted by Crippen LogP contribution is -2.15. The lowest BCUT2D eigenvalue weighted by molar-refractivity contribution is 0.171. The van der Waals surface area contributed by atoms with E-state index in [9.17, 15) is 0 Å². The highest BCUT2D eigenvalue weighted by Gasteiger charge is 2.21. The molecule has 2 aromatic carbocycles. The third-order valence-electron chi connectivity index (χ3n) is 6.37. The Morgan fingerprint density at radius 3 is 2.70 bits per heavy atom. The van der Waals surface area contributed by atoms with Gasteiger partial charge in [0, 0.05) is 27.0 Å². The van der Waals surface area contributed by atoms with Crippen molar-refractivity contribution in [3.05, 3.63) is 59.2 Å². The second-order valence-corrected chi connectivity index (χ2v) is 10.1. The third-order valence-corrected chi connectivity index (χ3v) is 6.87. The first-order valence-electron chi connectivity index (χ1n) is 11.9. The fourth-order valence-corrected chi connectivity index (χ4v) is 4.97. The Hall–Kier alpha value is -4.18. The fourth-order valence-electron chi connectivity index (χ4n) is 4.59. The number of halogens is 1. The average molecular weight is 557 g/mol. The van der Waals surface area contributed by atoms with Crippen molar-refractivity contribution in [3.8, 4) is 45.7 Å². The summed E-state index contributed by atoms with van der Waals surface area (Å²) in [5.41, 5.74) is 4.92. The Morgan fingerprint density at radius 2 is 1.84 bits per heavy atom. The molecule has 9 nitrogen and oxygen atoms in total. The second-order valence-electron chi connectivity index (χ2n) is 9.17. The molecule has 0 radical (unpaired) electrons. The number of nitrogens with one attached hydrogen (secondary N) is 1. The predicted molar refractivity (Wildman–Crippen MR) is 143 cm³/mol. The molecular formula is C27H21BrN6O3. The number of H-pyrrole nitrogens is 1. The van der Waals surface area contributed by atoms with E-state index in [0.29, 0.717) is 30.7 Å². The first-order chi connectivity index (χ1) is 18.0. The molecule has 0 spiro atoms. The van der Waals surface area contributed by atoms with Gasteiger partial charge in [-0.15, -0.1) is 0 Å². The minimum Gasteiger partial charge on any atom is -0.486 e. The van der Waals surface area contributed by atoms with Crippen LogP contribution >= 0.6 is 15.9 Å². The van der Waals surface area contributed by atoms with Crippen molar-refractivity contribution in [1.82, 2.24) is 29.9 Å². The Balaban J connectivity index is 1.37. The maximum Gasteiger partial charge on any atom is 0.259 e. The zero-order valence-electron chi connectivity index (χ0n) is 20.0. The van der Waals surface area contributed by atoms with Crippen LogP contribution in [0.15, 0.2) is 63.7 Å². The molecule has 0 aliphatic carbocycles. The number of pyridine rings is 1. The van der Waals surface area contributed by atoms with Gasteiger partial charge < -0.3 is 19.0 Å². The van der Waals surface area contributed by atoms with Crippen LogP contribution in [0.4, 0.5) is 0 Å².